The summed E-state index contributed by atoms with van der Waals surface area (Å²) in [6.45, 7) is 10.1. The molecule has 4 rings (SSSR count). The summed E-state index contributed by atoms with van der Waals surface area (Å²) in [6.07, 6.45) is -4.15. The Morgan fingerprint density at radius 3 is 2.00 bits per heavy atom. The van der Waals surface area contributed by atoms with Gasteiger partial charge in [-0.2, -0.15) is 0 Å². The monoisotopic (exact) mass is 574 g/mol. The van der Waals surface area contributed by atoms with E-state index in [9.17, 15) is 24.0 Å². The third kappa shape index (κ3) is 5.31. The molecule has 1 heterocycles. The second-order valence-corrected chi connectivity index (χ2v) is 11.8. The average molecular weight is 575 g/mol. The number of benzene rings is 1. The van der Waals surface area contributed by atoms with Crippen LogP contribution in [0.2, 0.25) is 0 Å². The number of fused-ring (bicyclic) bond motifs is 1. The lowest BCUT2D eigenvalue weighted by Crippen LogP contribution is -2.77. The van der Waals surface area contributed by atoms with Crippen molar-refractivity contribution in [2.24, 2.45) is 17.3 Å². The molecule has 1 saturated heterocycles. The fraction of sp³-hybridized carbons (Fsp3) is 0.633. The third-order valence-corrected chi connectivity index (χ3v) is 8.75. The summed E-state index contributed by atoms with van der Waals surface area (Å²) in [5.41, 5.74) is -3.52. The van der Waals surface area contributed by atoms with E-state index in [2.05, 4.69) is 0 Å². The molecule has 1 aromatic carbocycles. The van der Waals surface area contributed by atoms with E-state index < -0.39 is 83.4 Å². The van der Waals surface area contributed by atoms with Crippen molar-refractivity contribution in [2.75, 3.05) is 6.61 Å². The zero-order valence-electron chi connectivity index (χ0n) is 24.5. The predicted molar refractivity (Wildman–Crippen MR) is 141 cm³/mol. The van der Waals surface area contributed by atoms with Crippen molar-refractivity contribution in [1.29, 1.82) is 0 Å². The Bertz CT molecular complexity index is 1210. The second-order valence-electron chi connectivity index (χ2n) is 11.8. The number of ether oxygens (including phenoxy) is 6. The SMILES string of the molecule is CC(=O)OCC12C(OC(C)=O)C(OC(C)=O)C[C@@H](C)[C@@]13C[C@@H]([C@H](OC(C)=O)C2OC(=O)c1ccccc1)C(C)(C)O3. The van der Waals surface area contributed by atoms with Crippen LogP contribution in [0.15, 0.2) is 30.3 Å². The van der Waals surface area contributed by atoms with Crippen molar-refractivity contribution in [3.63, 3.8) is 0 Å². The number of carbonyl (C=O) groups excluding carboxylic acids is 5. The van der Waals surface area contributed by atoms with Crippen molar-refractivity contribution in [3.05, 3.63) is 35.9 Å². The normalized spacial score (nSPS) is 34.9. The van der Waals surface area contributed by atoms with Crippen LogP contribution in [0.4, 0.5) is 0 Å². The fourth-order valence-electron chi connectivity index (χ4n) is 7.31. The molecule has 224 valence electrons. The van der Waals surface area contributed by atoms with Gasteiger partial charge in [0.1, 0.15) is 24.2 Å². The van der Waals surface area contributed by atoms with Crippen LogP contribution in [0, 0.1) is 17.3 Å². The van der Waals surface area contributed by atoms with Crippen molar-refractivity contribution < 1.29 is 52.4 Å². The molecular weight excluding hydrogens is 536 g/mol. The van der Waals surface area contributed by atoms with E-state index >= 15 is 0 Å². The van der Waals surface area contributed by atoms with E-state index in [4.69, 9.17) is 28.4 Å². The molecule has 8 atom stereocenters. The first-order valence-corrected chi connectivity index (χ1v) is 13.8. The molecule has 2 saturated carbocycles. The van der Waals surface area contributed by atoms with Crippen LogP contribution in [0.3, 0.4) is 0 Å². The van der Waals surface area contributed by atoms with Crippen LogP contribution in [0.1, 0.15) is 71.7 Å². The maximum Gasteiger partial charge on any atom is 0.338 e. The van der Waals surface area contributed by atoms with Gasteiger partial charge < -0.3 is 28.4 Å². The molecule has 0 aromatic heterocycles. The zero-order valence-corrected chi connectivity index (χ0v) is 24.5. The van der Waals surface area contributed by atoms with Gasteiger partial charge in [0.15, 0.2) is 12.2 Å². The molecule has 0 amide bonds. The first-order chi connectivity index (χ1) is 19.1. The minimum Gasteiger partial charge on any atom is -0.465 e. The molecule has 11 heteroatoms. The molecule has 41 heavy (non-hydrogen) atoms. The van der Waals surface area contributed by atoms with Crippen molar-refractivity contribution >= 4 is 29.8 Å². The van der Waals surface area contributed by atoms with Crippen LogP contribution >= 0.6 is 0 Å². The third-order valence-electron chi connectivity index (χ3n) is 8.75. The van der Waals surface area contributed by atoms with Gasteiger partial charge in [-0.3, -0.25) is 19.2 Å². The van der Waals surface area contributed by atoms with Crippen molar-refractivity contribution in [1.82, 2.24) is 0 Å². The Labute approximate surface area is 239 Å². The van der Waals surface area contributed by atoms with Gasteiger partial charge in [0.25, 0.3) is 0 Å². The lowest BCUT2D eigenvalue weighted by molar-refractivity contribution is -0.307. The Morgan fingerprint density at radius 2 is 1.44 bits per heavy atom. The number of carbonyl (C=O) groups is 5. The lowest BCUT2D eigenvalue weighted by Gasteiger charge is -2.62. The molecule has 0 N–H and O–H groups in total. The standard InChI is InChI=1S/C30H38O11/c1-16-13-23(37-18(3)32)25(39-20(5)34)29(15-36-17(2)31)26(40-27(35)21-11-9-8-10-12-21)24(38-19(4)33)22-14-30(16,29)41-28(22,6)7/h8-12,16,22-26H,13-15H2,1-7H3/t16-,22+,23?,24+,25?,26?,29?,30+/m1/s1. The molecular formula is C30H38O11. The van der Waals surface area contributed by atoms with E-state index in [0.29, 0.717) is 6.42 Å². The lowest BCUT2D eigenvalue weighted by atomic mass is 9.48. The highest BCUT2D eigenvalue weighted by molar-refractivity contribution is 5.89. The Balaban J connectivity index is 2.02. The van der Waals surface area contributed by atoms with Gasteiger partial charge in [0.05, 0.1) is 16.8 Å². The van der Waals surface area contributed by atoms with Crippen molar-refractivity contribution in [2.45, 2.75) is 96.9 Å². The molecule has 2 aliphatic carbocycles. The minimum absolute atomic E-state index is 0.230. The van der Waals surface area contributed by atoms with Crippen LogP contribution in [-0.4, -0.2) is 72.1 Å². The zero-order chi connectivity index (χ0) is 30.3. The van der Waals surface area contributed by atoms with Gasteiger partial charge in [-0.25, -0.2) is 4.79 Å². The maximum absolute atomic E-state index is 13.7. The molecule has 3 aliphatic rings. The highest BCUT2D eigenvalue weighted by Gasteiger charge is 2.81. The van der Waals surface area contributed by atoms with Gasteiger partial charge >= 0.3 is 29.8 Å². The molecule has 4 unspecified atom stereocenters. The number of hydrogen-bond acceptors (Lipinski definition) is 11. The van der Waals surface area contributed by atoms with Crippen molar-refractivity contribution in [3.8, 4) is 0 Å². The van der Waals surface area contributed by atoms with Gasteiger partial charge in [0.2, 0.25) is 0 Å². The highest BCUT2D eigenvalue weighted by atomic mass is 16.6. The summed E-state index contributed by atoms with van der Waals surface area (Å²) in [4.78, 5) is 63.4. The summed E-state index contributed by atoms with van der Waals surface area (Å²) in [5.74, 6) is -4.13. The summed E-state index contributed by atoms with van der Waals surface area (Å²) < 4.78 is 36.3. The van der Waals surface area contributed by atoms with E-state index in [1.807, 2.05) is 20.8 Å². The average Bonchev–Trinajstić information content (AvgIpc) is 3.13. The molecule has 3 fully saturated rings. The smallest absolute Gasteiger partial charge is 0.338 e. The maximum atomic E-state index is 13.7. The summed E-state index contributed by atoms with van der Waals surface area (Å²) in [7, 11) is 0. The van der Waals surface area contributed by atoms with E-state index in [0.717, 1.165) is 0 Å². The molecule has 0 radical (unpaired) electrons. The molecule has 11 nitrogen and oxygen atoms in total. The van der Waals surface area contributed by atoms with E-state index in [1.165, 1.54) is 27.7 Å². The Morgan fingerprint density at radius 1 is 0.829 bits per heavy atom. The Hall–Kier alpha value is -3.47. The van der Waals surface area contributed by atoms with Crippen LogP contribution in [0.25, 0.3) is 0 Å². The topological polar surface area (TPSA) is 141 Å². The summed E-state index contributed by atoms with van der Waals surface area (Å²) in [5, 5.41) is 0. The minimum atomic E-state index is -1.64. The van der Waals surface area contributed by atoms with Crippen LogP contribution in [0.5, 0.6) is 0 Å². The number of rotatable bonds is 7. The molecule has 1 aromatic rings. The number of esters is 5. The molecule has 1 aliphatic heterocycles. The molecule has 2 bridgehead atoms. The largest absolute Gasteiger partial charge is 0.465 e. The highest BCUT2D eigenvalue weighted by Crippen LogP contribution is 2.68. The van der Waals surface area contributed by atoms with E-state index in [-0.39, 0.29) is 17.9 Å². The first-order valence-electron chi connectivity index (χ1n) is 13.8. The van der Waals surface area contributed by atoms with Gasteiger partial charge in [-0.05, 0) is 44.7 Å². The summed E-state index contributed by atoms with van der Waals surface area (Å²) in [6, 6.07) is 8.24. The van der Waals surface area contributed by atoms with Gasteiger partial charge in [-0.1, -0.05) is 25.1 Å². The first kappa shape index (κ1) is 30.5. The Kier molecular flexibility index (Phi) is 8.23. The van der Waals surface area contributed by atoms with Gasteiger partial charge in [0, 0.05) is 33.6 Å². The summed E-state index contributed by atoms with van der Waals surface area (Å²) >= 11 is 0. The predicted octanol–water partition coefficient (Wildman–Crippen LogP) is 3.16. The van der Waals surface area contributed by atoms with E-state index in [1.54, 1.807) is 30.3 Å². The van der Waals surface area contributed by atoms with Crippen LogP contribution in [-0.2, 0) is 47.6 Å². The fourth-order valence-corrected chi connectivity index (χ4v) is 7.31. The second kappa shape index (κ2) is 11.1. The van der Waals surface area contributed by atoms with Gasteiger partial charge in [-0.15, -0.1) is 0 Å². The molecule has 1 spiro atoms. The number of hydrogen-bond donors (Lipinski definition) is 0. The van der Waals surface area contributed by atoms with Crippen LogP contribution < -0.4 is 0 Å². The quantitative estimate of drug-likeness (QED) is 0.350.